The van der Waals surface area contributed by atoms with Crippen molar-refractivity contribution in [2.45, 2.75) is 58.3 Å². The van der Waals surface area contributed by atoms with Gasteiger partial charge in [0.15, 0.2) is 5.58 Å². The van der Waals surface area contributed by atoms with Crippen molar-refractivity contribution in [2.75, 3.05) is 0 Å². The number of rotatable bonds is 1. The van der Waals surface area contributed by atoms with Crippen molar-refractivity contribution in [3.05, 3.63) is 57.9 Å². The zero-order valence-electron chi connectivity index (χ0n) is 17.7. The monoisotopic (exact) mass is 406 g/mol. The second kappa shape index (κ2) is 6.61. The molecule has 156 valence electrons. The molecule has 0 aliphatic carbocycles. The van der Waals surface area contributed by atoms with Crippen LogP contribution in [0, 0.1) is 5.92 Å². The lowest BCUT2D eigenvalue weighted by molar-refractivity contribution is 0.0151. The standard InChI is InChI=1S/C25H26O5/c1-13-14(2)28-22-16-10-11-25(3,4)30-23(16)19-17(15-8-6-5-7-9-15)12-18(26)29-24(19)20(22)21(13)27/h5-9,12-14,21,27H,10-11H2,1-4H3/t13-,14-,21-/m0/s1. The molecule has 0 saturated carbocycles. The number of hydrogen-bond donors (Lipinski definition) is 1. The minimum Gasteiger partial charge on any atom is -0.489 e. The van der Waals surface area contributed by atoms with E-state index < -0.39 is 11.7 Å². The quantitative estimate of drug-likeness (QED) is 0.575. The Labute approximate surface area is 175 Å². The van der Waals surface area contributed by atoms with E-state index in [-0.39, 0.29) is 17.6 Å². The first kappa shape index (κ1) is 19.2. The number of aliphatic hydroxyl groups excluding tert-OH is 1. The van der Waals surface area contributed by atoms with Gasteiger partial charge in [-0.1, -0.05) is 37.3 Å². The zero-order valence-corrected chi connectivity index (χ0v) is 17.7. The number of aliphatic hydroxyl groups is 1. The van der Waals surface area contributed by atoms with Gasteiger partial charge >= 0.3 is 5.63 Å². The first-order valence-electron chi connectivity index (χ1n) is 10.5. The highest BCUT2D eigenvalue weighted by Crippen LogP contribution is 2.53. The predicted octanol–water partition coefficient (Wildman–Crippen LogP) is 5.01. The molecule has 2 aliphatic rings. The molecule has 0 amide bonds. The van der Waals surface area contributed by atoms with Crippen LogP contribution in [0.1, 0.15) is 51.3 Å². The van der Waals surface area contributed by atoms with E-state index in [1.165, 1.54) is 6.07 Å². The second-order valence-electron chi connectivity index (χ2n) is 9.09. The summed E-state index contributed by atoms with van der Waals surface area (Å²) in [5, 5.41) is 11.9. The first-order valence-corrected chi connectivity index (χ1v) is 10.5. The molecule has 5 rings (SSSR count). The average molecular weight is 406 g/mol. The highest BCUT2D eigenvalue weighted by molar-refractivity contribution is 6.02. The number of hydrogen-bond acceptors (Lipinski definition) is 5. The molecule has 1 N–H and O–H groups in total. The summed E-state index contributed by atoms with van der Waals surface area (Å²) in [7, 11) is 0. The largest absolute Gasteiger partial charge is 0.489 e. The van der Waals surface area contributed by atoms with Gasteiger partial charge < -0.3 is 19.0 Å². The molecule has 3 heterocycles. The zero-order chi connectivity index (χ0) is 21.2. The van der Waals surface area contributed by atoms with E-state index in [0.29, 0.717) is 22.6 Å². The Morgan fingerprint density at radius 3 is 2.57 bits per heavy atom. The molecule has 5 nitrogen and oxygen atoms in total. The second-order valence-corrected chi connectivity index (χ2v) is 9.09. The Morgan fingerprint density at radius 2 is 1.83 bits per heavy atom. The third kappa shape index (κ3) is 2.83. The fraction of sp³-hybridized carbons (Fsp3) is 0.400. The maximum absolute atomic E-state index is 12.6. The summed E-state index contributed by atoms with van der Waals surface area (Å²) in [6, 6.07) is 11.3. The van der Waals surface area contributed by atoms with Gasteiger partial charge in [-0.3, -0.25) is 0 Å². The van der Waals surface area contributed by atoms with E-state index in [1.807, 2.05) is 44.2 Å². The van der Waals surface area contributed by atoms with Gasteiger partial charge in [-0.05, 0) is 39.2 Å². The molecular weight excluding hydrogens is 380 g/mol. The van der Waals surface area contributed by atoms with Crippen LogP contribution in [0.4, 0.5) is 0 Å². The Hall–Kier alpha value is -2.79. The molecule has 2 aliphatic heterocycles. The molecule has 3 atom stereocenters. The predicted molar refractivity (Wildman–Crippen MR) is 115 cm³/mol. The first-order chi connectivity index (χ1) is 14.3. The maximum Gasteiger partial charge on any atom is 0.336 e. The normalized spacial score (nSPS) is 24.5. The topological polar surface area (TPSA) is 68.9 Å². The summed E-state index contributed by atoms with van der Waals surface area (Å²) in [6.45, 7) is 8.02. The van der Waals surface area contributed by atoms with Gasteiger partial charge in [-0.2, -0.15) is 0 Å². The summed E-state index contributed by atoms with van der Waals surface area (Å²) in [4.78, 5) is 12.6. The van der Waals surface area contributed by atoms with E-state index >= 15 is 0 Å². The van der Waals surface area contributed by atoms with Crippen molar-refractivity contribution in [3.63, 3.8) is 0 Å². The van der Waals surface area contributed by atoms with Crippen molar-refractivity contribution >= 4 is 11.0 Å². The third-order valence-corrected chi connectivity index (χ3v) is 6.50. The minimum absolute atomic E-state index is 0.134. The molecule has 0 spiro atoms. The summed E-state index contributed by atoms with van der Waals surface area (Å²) in [6.07, 6.45) is 0.647. The van der Waals surface area contributed by atoms with E-state index in [0.717, 1.165) is 34.9 Å². The van der Waals surface area contributed by atoms with Gasteiger partial charge in [0.2, 0.25) is 0 Å². The lowest BCUT2D eigenvalue weighted by atomic mass is 9.83. The Balaban J connectivity index is 1.95. The lowest BCUT2D eigenvalue weighted by Gasteiger charge is -2.39. The van der Waals surface area contributed by atoms with Crippen molar-refractivity contribution in [1.82, 2.24) is 0 Å². The molecule has 0 fully saturated rings. The molecule has 0 bridgehead atoms. The van der Waals surface area contributed by atoms with Crippen LogP contribution in [0.3, 0.4) is 0 Å². The lowest BCUT2D eigenvalue weighted by Crippen LogP contribution is -2.36. The SMILES string of the molecule is C[C@H]1[C@H](C)Oc2c3c(c4c(-c5ccccc5)cc(=O)oc4c2[C@H]1O)OC(C)(C)CC3. The maximum atomic E-state index is 12.6. The highest BCUT2D eigenvalue weighted by Gasteiger charge is 2.41. The molecule has 5 heteroatoms. The Morgan fingerprint density at radius 1 is 1.10 bits per heavy atom. The summed E-state index contributed by atoms with van der Waals surface area (Å²) >= 11 is 0. The van der Waals surface area contributed by atoms with Gasteiger partial charge in [0.1, 0.15) is 23.2 Å². The van der Waals surface area contributed by atoms with Crippen LogP contribution >= 0.6 is 0 Å². The molecule has 0 saturated heterocycles. The fourth-order valence-electron chi connectivity index (χ4n) is 4.58. The Kier molecular flexibility index (Phi) is 4.23. The van der Waals surface area contributed by atoms with Gasteiger partial charge in [0.25, 0.3) is 0 Å². The van der Waals surface area contributed by atoms with Gasteiger partial charge in [-0.15, -0.1) is 0 Å². The molecule has 0 unspecified atom stereocenters. The van der Waals surface area contributed by atoms with E-state index in [4.69, 9.17) is 13.9 Å². The average Bonchev–Trinajstić information content (AvgIpc) is 2.71. The van der Waals surface area contributed by atoms with Crippen molar-refractivity contribution < 1.29 is 19.0 Å². The van der Waals surface area contributed by atoms with Crippen LogP contribution in [0.25, 0.3) is 22.1 Å². The minimum atomic E-state index is -0.791. The van der Waals surface area contributed by atoms with Crippen LogP contribution in [-0.2, 0) is 6.42 Å². The molecule has 2 aromatic carbocycles. The van der Waals surface area contributed by atoms with Gasteiger partial charge in [-0.25, -0.2) is 4.79 Å². The molecule has 1 aromatic heterocycles. The van der Waals surface area contributed by atoms with Crippen molar-refractivity contribution in [1.29, 1.82) is 0 Å². The smallest absolute Gasteiger partial charge is 0.336 e. The van der Waals surface area contributed by atoms with Crippen LogP contribution in [-0.4, -0.2) is 16.8 Å². The fourth-order valence-corrected chi connectivity index (χ4v) is 4.58. The number of benzene rings is 2. The summed E-state index contributed by atoms with van der Waals surface area (Å²) < 4.78 is 18.5. The summed E-state index contributed by atoms with van der Waals surface area (Å²) in [5.74, 6) is 1.17. The van der Waals surface area contributed by atoms with E-state index in [1.54, 1.807) is 0 Å². The Bertz CT molecular complexity index is 1190. The van der Waals surface area contributed by atoms with Gasteiger partial charge in [0.05, 0.1) is 17.1 Å². The molecule has 3 aromatic rings. The van der Waals surface area contributed by atoms with Gasteiger partial charge in [0, 0.05) is 23.1 Å². The van der Waals surface area contributed by atoms with Crippen LogP contribution in [0.2, 0.25) is 0 Å². The van der Waals surface area contributed by atoms with E-state index in [2.05, 4.69) is 13.8 Å². The molecular formula is C25H26O5. The highest BCUT2D eigenvalue weighted by atomic mass is 16.5. The number of ether oxygens (including phenoxy) is 2. The van der Waals surface area contributed by atoms with E-state index in [9.17, 15) is 9.90 Å². The molecule has 30 heavy (non-hydrogen) atoms. The summed E-state index contributed by atoms with van der Waals surface area (Å²) in [5.41, 5.74) is 2.70. The van der Waals surface area contributed by atoms with Crippen LogP contribution in [0.5, 0.6) is 11.5 Å². The number of fused-ring (bicyclic) bond motifs is 6. The third-order valence-electron chi connectivity index (χ3n) is 6.50. The molecule has 0 radical (unpaired) electrons. The van der Waals surface area contributed by atoms with Crippen LogP contribution in [0.15, 0.2) is 45.6 Å². The van der Waals surface area contributed by atoms with Crippen LogP contribution < -0.4 is 15.1 Å². The van der Waals surface area contributed by atoms with Crippen molar-refractivity contribution in [2.24, 2.45) is 5.92 Å². The van der Waals surface area contributed by atoms with Crippen molar-refractivity contribution in [3.8, 4) is 22.6 Å².